The summed E-state index contributed by atoms with van der Waals surface area (Å²) in [4.78, 5) is 3.66. The molecule has 0 unspecified atom stereocenters. The average Bonchev–Trinajstić information content (AvgIpc) is 3.53. The van der Waals surface area contributed by atoms with Crippen LogP contribution in [0.5, 0.6) is 0 Å². The molecule has 0 spiro atoms. The number of benzene rings is 7. The van der Waals surface area contributed by atoms with E-state index in [1.165, 1.54) is 76.1 Å². The molecule has 0 aliphatic heterocycles. The van der Waals surface area contributed by atoms with Crippen LogP contribution in [0.25, 0.3) is 81.6 Å². The second-order valence-electron chi connectivity index (χ2n) is 10.3. The van der Waals surface area contributed by atoms with E-state index in [1.54, 1.807) is 0 Å². The highest BCUT2D eigenvalue weighted by atomic mass is 15.0. The van der Waals surface area contributed by atoms with Crippen molar-refractivity contribution in [1.29, 1.82) is 0 Å². The summed E-state index contributed by atoms with van der Waals surface area (Å²) in [5, 5.41) is 12.9. The van der Waals surface area contributed by atoms with Gasteiger partial charge in [-0.15, -0.1) is 0 Å². The Hall–Kier alpha value is -5.08. The predicted octanol–water partition coefficient (Wildman–Crippen LogP) is 9.88. The van der Waals surface area contributed by atoms with Crippen LogP contribution in [0.2, 0.25) is 0 Å². The molecule has 0 bridgehead atoms. The molecule has 0 aliphatic rings. The number of aromatic amines is 1. The third kappa shape index (κ3) is 2.56. The zero-order chi connectivity index (χ0) is 24.8. The van der Waals surface area contributed by atoms with Gasteiger partial charge in [-0.25, -0.2) is 0 Å². The third-order valence-electron chi connectivity index (χ3n) is 8.27. The van der Waals surface area contributed by atoms with E-state index in [0.29, 0.717) is 0 Å². The standard InChI is InChI=1S/C36H22N2/c1-4-10-26-22(7-1)13-17-31-34(26)29-21-25(16-18-30(29)37-31)38-32-19-14-23-8-2-5-11-27(23)35(32)36-28-12-6-3-9-24(28)15-20-33(36)38/h1-21,37H. The van der Waals surface area contributed by atoms with Crippen molar-refractivity contribution in [3.8, 4) is 5.69 Å². The van der Waals surface area contributed by atoms with E-state index in [-0.39, 0.29) is 0 Å². The van der Waals surface area contributed by atoms with Crippen molar-refractivity contribution in [1.82, 2.24) is 9.55 Å². The van der Waals surface area contributed by atoms with Crippen LogP contribution in [0.4, 0.5) is 0 Å². The average molecular weight is 483 g/mol. The maximum Gasteiger partial charge on any atom is 0.0547 e. The van der Waals surface area contributed by atoms with Crippen molar-refractivity contribution in [3.63, 3.8) is 0 Å². The molecule has 0 aliphatic carbocycles. The summed E-state index contributed by atoms with van der Waals surface area (Å²) in [6, 6.07) is 46.5. The molecule has 9 aromatic rings. The van der Waals surface area contributed by atoms with Crippen LogP contribution >= 0.6 is 0 Å². The zero-order valence-electron chi connectivity index (χ0n) is 20.6. The molecule has 1 N–H and O–H groups in total. The summed E-state index contributed by atoms with van der Waals surface area (Å²) in [6.07, 6.45) is 0. The van der Waals surface area contributed by atoms with Crippen molar-refractivity contribution in [2.45, 2.75) is 0 Å². The lowest BCUT2D eigenvalue weighted by atomic mass is 10.00. The Morgan fingerprint density at radius 2 is 0.895 bits per heavy atom. The molecule has 2 heterocycles. The minimum Gasteiger partial charge on any atom is -0.354 e. The van der Waals surface area contributed by atoms with Gasteiger partial charge < -0.3 is 9.55 Å². The SMILES string of the molecule is c1ccc2c(c1)ccc1[nH]c3ccc(-n4c5ccc6ccccc6c5c5c6ccccc6ccc54)cc3c12. The van der Waals surface area contributed by atoms with Crippen LogP contribution in [0.3, 0.4) is 0 Å². The molecule has 7 aromatic carbocycles. The van der Waals surface area contributed by atoms with E-state index in [9.17, 15) is 0 Å². The van der Waals surface area contributed by atoms with Gasteiger partial charge in [0, 0.05) is 38.3 Å². The quantitative estimate of drug-likeness (QED) is 0.240. The minimum absolute atomic E-state index is 1.16. The minimum atomic E-state index is 1.16. The van der Waals surface area contributed by atoms with Gasteiger partial charge in [-0.05, 0) is 68.7 Å². The molecular weight excluding hydrogens is 460 g/mol. The van der Waals surface area contributed by atoms with E-state index in [0.717, 1.165) is 5.52 Å². The smallest absolute Gasteiger partial charge is 0.0547 e. The summed E-state index contributed by atoms with van der Waals surface area (Å²) < 4.78 is 2.45. The van der Waals surface area contributed by atoms with Crippen molar-refractivity contribution in [2.75, 3.05) is 0 Å². The Bertz CT molecular complexity index is 2310. The molecule has 2 heteroatoms. The molecule has 38 heavy (non-hydrogen) atoms. The Morgan fingerprint density at radius 1 is 0.395 bits per heavy atom. The van der Waals surface area contributed by atoms with Crippen molar-refractivity contribution >= 4 is 75.9 Å². The monoisotopic (exact) mass is 482 g/mol. The van der Waals surface area contributed by atoms with E-state index in [2.05, 4.69) is 137 Å². The van der Waals surface area contributed by atoms with Crippen LogP contribution in [-0.2, 0) is 0 Å². The number of rotatable bonds is 1. The van der Waals surface area contributed by atoms with E-state index in [1.807, 2.05) is 0 Å². The van der Waals surface area contributed by atoms with Gasteiger partial charge in [0.25, 0.3) is 0 Å². The van der Waals surface area contributed by atoms with Crippen LogP contribution in [-0.4, -0.2) is 9.55 Å². The topological polar surface area (TPSA) is 20.7 Å². The number of fused-ring (bicyclic) bond motifs is 12. The third-order valence-corrected chi connectivity index (χ3v) is 8.27. The van der Waals surface area contributed by atoms with Crippen LogP contribution in [0.15, 0.2) is 127 Å². The predicted molar refractivity (Wildman–Crippen MR) is 163 cm³/mol. The Morgan fingerprint density at radius 3 is 1.50 bits per heavy atom. The fourth-order valence-electron chi connectivity index (χ4n) is 6.62. The highest BCUT2D eigenvalue weighted by molar-refractivity contribution is 6.28. The van der Waals surface area contributed by atoms with Crippen LogP contribution < -0.4 is 0 Å². The van der Waals surface area contributed by atoms with Crippen LogP contribution in [0, 0.1) is 0 Å². The lowest BCUT2D eigenvalue weighted by Crippen LogP contribution is -1.93. The van der Waals surface area contributed by atoms with Crippen LogP contribution in [0.1, 0.15) is 0 Å². The van der Waals surface area contributed by atoms with Gasteiger partial charge in [-0.1, -0.05) is 91.0 Å². The van der Waals surface area contributed by atoms with Crippen molar-refractivity contribution in [3.05, 3.63) is 127 Å². The van der Waals surface area contributed by atoms with E-state index < -0.39 is 0 Å². The maximum absolute atomic E-state index is 3.66. The first-order valence-corrected chi connectivity index (χ1v) is 13.1. The van der Waals surface area contributed by atoms with Gasteiger partial charge in [-0.2, -0.15) is 0 Å². The Balaban J connectivity index is 1.47. The molecular formula is C36H22N2. The second-order valence-corrected chi connectivity index (χ2v) is 10.3. The summed E-state index contributed by atoms with van der Waals surface area (Å²) in [6.45, 7) is 0. The summed E-state index contributed by atoms with van der Waals surface area (Å²) >= 11 is 0. The lowest BCUT2D eigenvalue weighted by molar-refractivity contribution is 1.19. The van der Waals surface area contributed by atoms with Crippen molar-refractivity contribution < 1.29 is 0 Å². The largest absolute Gasteiger partial charge is 0.354 e. The molecule has 2 nitrogen and oxygen atoms in total. The fourth-order valence-corrected chi connectivity index (χ4v) is 6.62. The number of H-pyrrole nitrogens is 1. The van der Waals surface area contributed by atoms with Gasteiger partial charge in [0.1, 0.15) is 0 Å². The van der Waals surface area contributed by atoms with Gasteiger partial charge in [0.15, 0.2) is 0 Å². The summed E-state index contributed by atoms with van der Waals surface area (Å²) in [7, 11) is 0. The maximum atomic E-state index is 3.66. The molecule has 0 saturated carbocycles. The first kappa shape index (κ1) is 20.0. The number of nitrogens with one attached hydrogen (secondary N) is 1. The molecule has 0 saturated heterocycles. The number of nitrogens with zero attached hydrogens (tertiary/aromatic N) is 1. The van der Waals surface area contributed by atoms with Gasteiger partial charge in [0.05, 0.1) is 11.0 Å². The van der Waals surface area contributed by atoms with Gasteiger partial charge in [0.2, 0.25) is 0 Å². The molecule has 0 amide bonds. The molecule has 2 aromatic heterocycles. The van der Waals surface area contributed by atoms with E-state index in [4.69, 9.17) is 0 Å². The van der Waals surface area contributed by atoms with E-state index >= 15 is 0 Å². The van der Waals surface area contributed by atoms with Gasteiger partial charge in [-0.3, -0.25) is 0 Å². The normalized spacial score (nSPS) is 12.2. The lowest BCUT2D eigenvalue weighted by Gasteiger charge is -2.09. The number of aromatic nitrogens is 2. The molecule has 0 atom stereocenters. The molecule has 0 fully saturated rings. The molecule has 176 valence electrons. The highest BCUT2D eigenvalue weighted by Crippen LogP contribution is 2.41. The molecule has 9 rings (SSSR count). The second kappa shape index (κ2) is 7.24. The first-order chi connectivity index (χ1) is 18.8. The number of hydrogen-bond acceptors (Lipinski definition) is 0. The van der Waals surface area contributed by atoms with Gasteiger partial charge >= 0.3 is 0 Å². The highest BCUT2D eigenvalue weighted by Gasteiger charge is 2.18. The fraction of sp³-hybridized carbons (Fsp3) is 0. The summed E-state index contributed by atoms with van der Waals surface area (Å²) in [5.41, 5.74) is 5.99. The summed E-state index contributed by atoms with van der Waals surface area (Å²) in [5.74, 6) is 0. The zero-order valence-corrected chi connectivity index (χ0v) is 20.6. The number of hydrogen-bond donors (Lipinski definition) is 1. The molecule has 0 radical (unpaired) electrons. The first-order valence-electron chi connectivity index (χ1n) is 13.1. The Labute approximate surface area is 218 Å². The van der Waals surface area contributed by atoms with Crippen molar-refractivity contribution in [2.24, 2.45) is 0 Å². The Kier molecular flexibility index (Phi) is 3.82.